The van der Waals surface area contributed by atoms with Crippen molar-refractivity contribution in [1.29, 1.82) is 5.26 Å². The number of hydrogen-bond acceptors (Lipinski definition) is 6. The summed E-state index contributed by atoms with van der Waals surface area (Å²) in [5.74, 6) is 0.283. The van der Waals surface area contributed by atoms with Gasteiger partial charge >= 0.3 is 6.03 Å². The minimum Gasteiger partial charge on any atom is -0.327 e. The van der Waals surface area contributed by atoms with Gasteiger partial charge in [-0.2, -0.15) is 10.5 Å². The fourth-order valence-corrected chi connectivity index (χ4v) is 4.94. The Morgan fingerprint density at radius 3 is 2.31 bits per heavy atom. The van der Waals surface area contributed by atoms with Crippen molar-refractivity contribution in [2.75, 3.05) is 10.6 Å². The summed E-state index contributed by atoms with van der Waals surface area (Å²) in [6.07, 6.45) is 6.24. The van der Waals surface area contributed by atoms with Gasteiger partial charge in [0.25, 0.3) is 11.9 Å². The number of carbonyl (C=O) groups excluding carboxylic acids is 2. The number of H-pyrrole nitrogens is 1. The summed E-state index contributed by atoms with van der Waals surface area (Å²) in [5.41, 5.74) is 4.43. The molecule has 10 heteroatoms. The molecule has 5 rings (SSSR count). The Kier molecular flexibility index (Phi) is 7.88. The Hall–Kier alpha value is -5.04. The van der Waals surface area contributed by atoms with Gasteiger partial charge in [-0.15, -0.1) is 5.10 Å². The smallest absolute Gasteiger partial charge is 0.319 e. The van der Waals surface area contributed by atoms with Crippen molar-refractivity contribution in [2.24, 2.45) is 0 Å². The van der Waals surface area contributed by atoms with Gasteiger partial charge in [0, 0.05) is 11.3 Å². The zero-order chi connectivity index (χ0) is 27.0. The second kappa shape index (κ2) is 12.0. The standard InChI is InChI=1S/C29H28N8O2/c30-18-19-5-4-8-25(17-19)31-29(39)32-26(22-11-9-21(10-12-22)20-6-2-1-3-7-20)23-13-15-24(16-14-23)27(38)33-28-34-36-37-35-28/h4-5,8-17,20,26H,1-3,6-7H2,(H2,31,32,39)(H2,33,34,35,36,37,38). The predicted molar refractivity (Wildman–Crippen MR) is 146 cm³/mol. The Labute approximate surface area is 225 Å². The molecule has 1 saturated carbocycles. The second-order valence-corrected chi connectivity index (χ2v) is 9.54. The van der Waals surface area contributed by atoms with E-state index in [1.165, 1.54) is 37.7 Å². The number of anilines is 2. The molecule has 0 saturated heterocycles. The van der Waals surface area contributed by atoms with Gasteiger partial charge in [-0.05, 0) is 71.0 Å². The van der Waals surface area contributed by atoms with Crippen molar-refractivity contribution in [3.05, 3.63) is 101 Å². The lowest BCUT2D eigenvalue weighted by Crippen LogP contribution is -2.33. The van der Waals surface area contributed by atoms with Gasteiger partial charge in [-0.3, -0.25) is 10.1 Å². The van der Waals surface area contributed by atoms with Crippen molar-refractivity contribution >= 4 is 23.6 Å². The Bertz CT molecular complexity index is 1450. The molecule has 39 heavy (non-hydrogen) atoms. The zero-order valence-electron chi connectivity index (χ0n) is 21.2. The number of benzene rings is 3. The van der Waals surface area contributed by atoms with E-state index in [1.54, 1.807) is 48.5 Å². The highest BCUT2D eigenvalue weighted by atomic mass is 16.2. The zero-order valence-corrected chi connectivity index (χ0v) is 21.2. The third kappa shape index (κ3) is 6.45. The maximum Gasteiger partial charge on any atom is 0.319 e. The first-order valence-corrected chi connectivity index (χ1v) is 12.9. The highest BCUT2D eigenvalue weighted by Gasteiger charge is 2.20. The number of aromatic amines is 1. The number of nitrogens with zero attached hydrogens (tertiary/aromatic N) is 4. The maximum absolute atomic E-state index is 13.0. The van der Waals surface area contributed by atoms with Gasteiger partial charge < -0.3 is 10.6 Å². The van der Waals surface area contributed by atoms with E-state index in [-0.39, 0.29) is 11.9 Å². The van der Waals surface area contributed by atoms with Crippen molar-refractivity contribution in [3.8, 4) is 6.07 Å². The van der Waals surface area contributed by atoms with Crippen LogP contribution in [0.1, 0.15) is 76.7 Å². The van der Waals surface area contributed by atoms with Crippen LogP contribution in [0.25, 0.3) is 0 Å². The molecule has 0 aliphatic heterocycles. The number of carbonyl (C=O) groups is 2. The Morgan fingerprint density at radius 1 is 0.923 bits per heavy atom. The first kappa shape index (κ1) is 25.6. The molecule has 1 aromatic heterocycles. The third-order valence-electron chi connectivity index (χ3n) is 6.95. The highest BCUT2D eigenvalue weighted by molar-refractivity contribution is 6.03. The summed E-state index contributed by atoms with van der Waals surface area (Å²) in [4.78, 5) is 25.6. The van der Waals surface area contributed by atoms with Crippen LogP contribution in [0.15, 0.2) is 72.8 Å². The van der Waals surface area contributed by atoms with E-state index >= 15 is 0 Å². The molecule has 10 nitrogen and oxygen atoms in total. The van der Waals surface area contributed by atoms with Crippen LogP contribution in [0.3, 0.4) is 0 Å². The summed E-state index contributed by atoms with van der Waals surface area (Å²) in [5, 5.41) is 30.8. The van der Waals surface area contributed by atoms with Gasteiger partial charge in [0.1, 0.15) is 0 Å². The molecule has 1 unspecified atom stereocenters. The monoisotopic (exact) mass is 520 g/mol. The topological polar surface area (TPSA) is 148 Å². The molecule has 1 atom stereocenters. The second-order valence-electron chi connectivity index (χ2n) is 9.54. The van der Waals surface area contributed by atoms with Gasteiger partial charge in [0.05, 0.1) is 17.7 Å². The molecular formula is C29H28N8O2. The van der Waals surface area contributed by atoms with Crippen molar-refractivity contribution < 1.29 is 9.59 Å². The van der Waals surface area contributed by atoms with Crippen molar-refractivity contribution in [2.45, 2.75) is 44.1 Å². The number of amides is 3. The lowest BCUT2D eigenvalue weighted by atomic mass is 9.83. The number of nitriles is 1. The van der Waals surface area contributed by atoms with Crippen LogP contribution in [0, 0.1) is 11.3 Å². The number of nitrogens with one attached hydrogen (secondary N) is 4. The van der Waals surface area contributed by atoms with Crippen LogP contribution in [0.2, 0.25) is 0 Å². The third-order valence-corrected chi connectivity index (χ3v) is 6.95. The van der Waals surface area contributed by atoms with Crippen LogP contribution in [-0.2, 0) is 0 Å². The minimum atomic E-state index is -0.473. The largest absolute Gasteiger partial charge is 0.327 e. The quantitative estimate of drug-likeness (QED) is 0.260. The number of urea groups is 1. The number of aromatic nitrogens is 4. The average molecular weight is 521 g/mol. The minimum absolute atomic E-state index is 0.0822. The van der Waals surface area contributed by atoms with Crippen LogP contribution in [0.5, 0.6) is 0 Å². The molecule has 1 aliphatic rings. The molecular weight excluding hydrogens is 492 g/mol. The van der Waals surface area contributed by atoms with Crippen molar-refractivity contribution in [1.82, 2.24) is 25.9 Å². The van der Waals surface area contributed by atoms with Crippen molar-refractivity contribution in [3.63, 3.8) is 0 Å². The first-order chi connectivity index (χ1) is 19.1. The molecule has 3 aromatic carbocycles. The molecule has 0 radical (unpaired) electrons. The molecule has 4 aromatic rings. The van der Waals surface area contributed by atoms with E-state index in [1.807, 2.05) is 0 Å². The molecule has 1 fully saturated rings. The van der Waals surface area contributed by atoms with E-state index in [4.69, 9.17) is 0 Å². The average Bonchev–Trinajstić information content (AvgIpc) is 3.50. The lowest BCUT2D eigenvalue weighted by molar-refractivity contribution is 0.102. The maximum atomic E-state index is 13.0. The molecule has 4 N–H and O–H groups in total. The van der Waals surface area contributed by atoms with Crippen LogP contribution in [-0.4, -0.2) is 32.6 Å². The summed E-state index contributed by atoms with van der Waals surface area (Å²) >= 11 is 0. The molecule has 1 aliphatic carbocycles. The van der Waals surface area contributed by atoms with E-state index in [2.05, 4.69) is 66.9 Å². The summed E-state index contributed by atoms with van der Waals surface area (Å²) in [6, 6.07) is 23.3. The van der Waals surface area contributed by atoms with E-state index in [0.717, 1.165) is 11.1 Å². The van der Waals surface area contributed by atoms with Crippen LogP contribution in [0.4, 0.5) is 16.4 Å². The van der Waals surface area contributed by atoms with Gasteiger partial charge in [-0.25, -0.2) is 4.79 Å². The predicted octanol–water partition coefficient (Wildman–Crippen LogP) is 5.28. The fourth-order valence-electron chi connectivity index (χ4n) is 4.94. The number of rotatable bonds is 7. The normalized spacial score (nSPS) is 14.1. The molecule has 1 heterocycles. The summed E-state index contributed by atoms with van der Waals surface area (Å²) in [6.45, 7) is 0. The number of tetrazole rings is 1. The first-order valence-electron chi connectivity index (χ1n) is 12.9. The molecule has 3 amide bonds. The van der Waals surface area contributed by atoms with Gasteiger partial charge in [-0.1, -0.05) is 66.8 Å². The Morgan fingerprint density at radius 2 is 1.64 bits per heavy atom. The van der Waals surface area contributed by atoms with Crippen LogP contribution < -0.4 is 16.0 Å². The van der Waals surface area contributed by atoms with Gasteiger partial charge in [0.15, 0.2) is 0 Å². The van der Waals surface area contributed by atoms with Gasteiger partial charge in [0.2, 0.25) is 0 Å². The molecule has 0 bridgehead atoms. The SMILES string of the molecule is N#Cc1cccc(NC(=O)NC(c2ccc(C(=O)Nc3nn[nH]n3)cc2)c2ccc(C3CCCCC3)cc2)c1. The number of hydrogen-bond donors (Lipinski definition) is 4. The summed E-state index contributed by atoms with van der Waals surface area (Å²) < 4.78 is 0. The highest BCUT2D eigenvalue weighted by Crippen LogP contribution is 2.33. The van der Waals surface area contributed by atoms with E-state index < -0.39 is 12.1 Å². The molecule has 0 spiro atoms. The van der Waals surface area contributed by atoms with E-state index in [9.17, 15) is 14.9 Å². The molecule has 196 valence electrons. The Balaban J connectivity index is 1.37. The van der Waals surface area contributed by atoms with Crippen LogP contribution >= 0.6 is 0 Å². The lowest BCUT2D eigenvalue weighted by Gasteiger charge is -2.24. The summed E-state index contributed by atoms with van der Waals surface area (Å²) in [7, 11) is 0. The van der Waals surface area contributed by atoms with E-state index in [0.29, 0.717) is 22.7 Å². The fraction of sp³-hybridized carbons (Fsp3) is 0.241.